The highest BCUT2D eigenvalue weighted by atomic mass is 16.4. The van der Waals surface area contributed by atoms with E-state index in [9.17, 15) is 14.4 Å². The SMILES string of the molecule is C=C(C)[C@@H]1CC[C@]2(C(=O)NCCCCCCCC(=O)O)CC[C@]3(C)[C@H](CC[C@@H]4[C@@]5(C)CCC(=O)C(C)(C)[C@@H]5CC[C@]43C)[C@@H]12. The van der Waals surface area contributed by atoms with E-state index >= 15 is 0 Å². The monoisotopic (exact) mass is 595 g/mol. The van der Waals surface area contributed by atoms with Crippen LogP contribution in [-0.2, 0) is 14.4 Å². The predicted octanol–water partition coefficient (Wildman–Crippen LogP) is 8.75. The third kappa shape index (κ3) is 5.05. The van der Waals surface area contributed by atoms with Crippen molar-refractivity contribution in [3.8, 4) is 0 Å². The first-order chi connectivity index (χ1) is 20.1. The van der Waals surface area contributed by atoms with E-state index in [-0.39, 0.29) is 33.5 Å². The van der Waals surface area contributed by atoms with Crippen molar-refractivity contribution in [1.29, 1.82) is 0 Å². The summed E-state index contributed by atoms with van der Waals surface area (Å²) >= 11 is 0. The number of amides is 1. The summed E-state index contributed by atoms with van der Waals surface area (Å²) in [5, 5.41) is 12.3. The molecule has 0 aromatic heterocycles. The lowest BCUT2D eigenvalue weighted by atomic mass is 9.32. The summed E-state index contributed by atoms with van der Waals surface area (Å²) in [7, 11) is 0. The van der Waals surface area contributed by atoms with E-state index < -0.39 is 5.97 Å². The summed E-state index contributed by atoms with van der Waals surface area (Å²) in [6.45, 7) is 19.7. The second kappa shape index (κ2) is 11.6. The van der Waals surface area contributed by atoms with Crippen LogP contribution in [0.3, 0.4) is 0 Å². The Bertz CT molecular complexity index is 1130. The van der Waals surface area contributed by atoms with E-state index in [0.717, 1.165) is 83.6 Å². The van der Waals surface area contributed by atoms with Gasteiger partial charge >= 0.3 is 5.97 Å². The van der Waals surface area contributed by atoms with E-state index in [0.29, 0.717) is 41.3 Å². The molecule has 1 amide bonds. The number of hydrogen-bond acceptors (Lipinski definition) is 3. The topological polar surface area (TPSA) is 83.5 Å². The average molecular weight is 596 g/mol. The van der Waals surface area contributed by atoms with Crippen LogP contribution in [0.4, 0.5) is 0 Å². The Balaban J connectivity index is 1.34. The zero-order chi connectivity index (χ0) is 31.4. The fourth-order valence-corrected chi connectivity index (χ4v) is 12.6. The van der Waals surface area contributed by atoms with E-state index in [1.54, 1.807) is 0 Å². The number of Topliss-reactive ketones (excluding diaryl/α,β-unsaturated/α-hetero) is 1. The molecule has 5 rings (SSSR count). The van der Waals surface area contributed by atoms with Gasteiger partial charge in [-0.05, 0) is 123 Å². The summed E-state index contributed by atoms with van der Waals surface area (Å²) in [6.07, 6.45) is 15.7. The minimum absolute atomic E-state index is 0.192. The molecule has 242 valence electrons. The normalized spacial score (nSPS) is 43.1. The maximum absolute atomic E-state index is 14.2. The molecular formula is C38H61NO4. The molecule has 0 unspecified atom stereocenters. The van der Waals surface area contributed by atoms with Gasteiger partial charge in [0.15, 0.2) is 0 Å². The van der Waals surface area contributed by atoms with Crippen LogP contribution in [0.2, 0.25) is 0 Å². The van der Waals surface area contributed by atoms with Gasteiger partial charge in [0.25, 0.3) is 0 Å². The predicted molar refractivity (Wildman–Crippen MR) is 172 cm³/mol. The van der Waals surface area contributed by atoms with Gasteiger partial charge in [-0.1, -0.05) is 66.0 Å². The van der Waals surface area contributed by atoms with Crippen molar-refractivity contribution >= 4 is 17.7 Å². The van der Waals surface area contributed by atoms with Gasteiger partial charge in [0.05, 0.1) is 5.41 Å². The molecule has 0 heterocycles. The van der Waals surface area contributed by atoms with Crippen molar-refractivity contribution in [2.45, 2.75) is 144 Å². The van der Waals surface area contributed by atoms with Gasteiger partial charge < -0.3 is 10.4 Å². The van der Waals surface area contributed by atoms with Crippen LogP contribution in [0, 0.1) is 56.7 Å². The smallest absolute Gasteiger partial charge is 0.303 e. The Morgan fingerprint density at radius 2 is 1.53 bits per heavy atom. The van der Waals surface area contributed by atoms with Gasteiger partial charge in [-0.15, -0.1) is 0 Å². The van der Waals surface area contributed by atoms with Crippen molar-refractivity contribution in [1.82, 2.24) is 5.32 Å². The van der Waals surface area contributed by atoms with Crippen molar-refractivity contribution in [2.24, 2.45) is 56.7 Å². The van der Waals surface area contributed by atoms with Crippen LogP contribution >= 0.6 is 0 Å². The molecule has 0 bridgehead atoms. The Morgan fingerprint density at radius 3 is 2.23 bits per heavy atom. The molecule has 0 aromatic carbocycles. The molecule has 0 saturated heterocycles. The summed E-state index contributed by atoms with van der Waals surface area (Å²) in [6, 6.07) is 0. The quantitative estimate of drug-likeness (QED) is 0.195. The molecule has 43 heavy (non-hydrogen) atoms. The van der Waals surface area contributed by atoms with E-state index in [4.69, 9.17) is 5.11 Å². The maximum atomic E-state index is 14.2. The van der Waals surface area contributed by atoms with Crippen LogP contribution in [0.15, 0.2) is 12.2 Å². The number of fused-ring (bicyclic) bond motifs is 7. The number of carbonyl (C=O) groups excluding carboxylic acids is 2. The lowest BCUT2D eigenvalue weighted by molar-refractivity contribution is -0.233. The number of carbonyl (C=O) groups is 3. The number of unbranched alkanes of at least 4 members (excludes halogenated alkanes) is 4. The van der Waals surface area contributed by atoms with Gasteiger partial charge in [-0.25, -0.2) is 0 Å². The molecule has 9 atom stereocenters. The number of carboxylic acid groups (broad SMARTS) is 1. The molecule has 5 aliphatic carbocycles. The van der Waals surface area contributed by atoms with Crippen LogP contribution in [-0.4, -0.2) is 29.3 Å². The first-order valence-electron chi connectivity index (χ1n) is 17.8. The lowest BCUT2D eigenvalue weighted by Crippen LogP contribution is -2.67. The molecule has 5 aliphatic rings. The summed E-state index contributed by atoms with van der Waals surface area (Å²) in [4.78, 5) is 38.1. The van der Waals surface area contributed by atoms with Crippen LogP contribution in [0.1, 0.15) is 144 Å². The van der Waals surface area contributed by atoms with Crippen LogP contribution < -0.4 is 5.32 Å². The van der Waals surface area contributed by atoms with Crippen LogP contribution in [0.5, 0.6) is 0 Å². The highest BCUT2D eigenvalue weighted by Gasteiger charge is 2.71. The highest BCUT2D eigenvalue weighted by Crippen LogP contribution is 2.77. The van der Waals surface area contributed by atoms with Crippen LogP contribution in [0.25, 0.3) is 0 Å². The van der Waals surface area contributed by atoms with Crippen molar-refractivity contribution < 1.29 is 19.5 Å². The minimum Gasteiger partial charge on any atom is -0.481 e. The first-order valence-corrected chi connectivity index (χ1v) is 17.8. The number of nitrogens with one attached hydrogen (secondary N) is 1. The number of carboxylic acids is 1. The standard InChI is InChI=1S/C38H61NO4/c1-25(2)26-16-21-38(33(43)39-24-12-10-8-9-11-13-31(41)42)23-22-36(6)27(32(26)38)14-15-29-35(5)19-18-30(40)34(3,4)28(35)17-20-37(29,36)7/h26-29,32H,1,8-24H2,2-7H3,(H,39,43)(H,41,42)/t26-,27+,28-,29+,32+,35-,36+,37+,38-/m0/s1. The molecule has 5 fully saturated rings. The minimum atomic E-state index is -0.715. The van der Waals surface area contributed by atoms with Crippen molar-refractivity contribution in [3.63, 3.8) is 0 Å². The number of aliphatic carboxylic acids is 1. The molecule has 0 spiro atoms. The Hall–Kier alpha value is -1.65. The second-order valence-electron chi connectivity index (χ2n) is 17.2. The van der Waals surface area contributed by atoms with Crippen molar-refractivity contribution in [3.05, 3.63) is 12.2 Å². The molecule has 0 radical (unpaired) electrons. The van der Waals surface area contributed by atoms with Crippen molar-refractivity contribution in [2.75, 3.05) is 6.54 Å². The van der Waals surface area contributed by atoms with E-state index in [2.05, 4.69) is 53.4 Å². The summed E-state index contributed by atoms with van der Waals surface area (Å²) in [5.74, 6) is 2.48. The van der Waals surface area contributed by atoms with Gasteiger partial charge in [0, 0.05) is 24.8 Å². The zero-order valence-corrected chi connectivity index (χ0v) is 28.3. The molecule has 5 saturated carbocycles. The molecule has 2 N–H and O–H groups in total. The summed E-state index contributed by atoms with van der Waals surface area (Å²) in [5.41, 5.74) is 1.39. The Labute approximate surface area is 261 Å². The van der Waals surface area contributed by atoms with Gasteiger partial charge in [0.1, 0.15) is 5.78 Å². The van der Waals surface area contributed by atoms with Gasteiger partial charge in [-0.3, -0.25) is 14.4 Å². The zero-order valence-electron chi connectivity index (χ0n) is 28.3. The number of ketones is 1. The maximum Gasteiger partial charge on any atom is 0.303 e. The fraction of sp³-hybridized carbons (Fsp3) is 0.868. The number of allylic oxidation sites excluding steroid dienone is 1. The fourth-order valence-electron chi connectivity index (χ4n) is 12.6. The van der Waals surface area contributed by atoms with Gasteiger partial charge in [-0.2, -0.15) is 0 Å². The second-order valence-corrected chi connectivity index (χ2v) is 17.2. The third-order valence-corrected chi connectivity index (χ3v) is 15.1. The first kappa shape index (κ1) is 32.7. The molecule has 5 heteroatoms. The highest BCUT2D eigenvalue weighted by molar-refractivity contribution is 5.85. The third-order valence-electron chi connectivity index (χ3n) is 15.1. The lowest BCUT2D eigenvalue weighted by Gasteiger charge is -2.72. The number of hydrogen-bond donors (Lipinski definition) is 2. The molecule has 5 nitrogen and oxygen atoms in total. The van der Waals surface area contributed by atoms with Gasteiger partial charge in [0.2, 0.25) is 5.91 Å². The Morgan fingerprint density at radius 1 is 0.837 bits per heavy atom. The summed E-state index contributed by atoms with van der Waals surface area (Å²) < 4.78 is 0. The Kier molecular flexibility index (Phi) is 8.84. The average Bonchev–Trinajstić information content (AvgIpc) is 3.34. The molecule has 0 aromatic rings. The molecular weight excluding hydrogens is 534 g/mol. The van der Waals surface area contributed by atoms with E-state index in [1.165, 1.54) is 24.8 Å². The number of rotatable bonds is 10. The largest absolute Gasteiger partial charge is 0.481 e. The van der Waals surface area contributed by atoms with E-state index in [1.807, 2.05) is 0 Å². The molecule has 0 aliphatic heterocycles.